The molecule has 4 atom stereocenters. The normalized spacial score (nSPS) is 37.7. The number of aliphatic hydroxyl groups is 2. The van der Waals surface area contributed by atoms with Crippen LogP contribution in [0.5, 0.6) is 0 Å². The van der Waals surface area contributed by atoms with Crippen molar-refractivity contribution in [2.45, 2.75) is 81.9 Å². The van der Waals surface area contributed by atoms with Crippen molar-refractivity contribution in [3.05, 3.63) is 0 Å². The van der Waals surface area contributed by atoms with E-state index in [4.69, 9.17) is 19.9 Å². The lowest BCUT2D eigenvalue weighted by molar-refractivity contribution is -0.294. The van der Waals surface area contributed by atoms with Crippen LogP contribution in [0.15, 0.2) is 0 Å². The third-order valence-electron chi connectivity index (χ3n) is 5.60. The van der Waals surface area contributed by atoms with E-state index in [0.717, 1.165) is 0 Å². The molecule has 0 aromatic carbocycles. The van der Waals surface area contributed by atoms with Gasteiger partial charge in [-0.2, -0.15) is 0 Å². The molecule has 154 valence electrons. The van der Waals surface area contributed by atoms with Crippen molar-refractivity contribution in [1.29, 1.82) is 0 Å². The SMILES string of the molecule is CC1(N)CCN(C(=O)C(=O)CC[C@@]23OC[C@@H](O)[C@@H](O)[C@@H]2OC(C)(C)O3)CC1. The maximum atomic E-state index is 12.5. The van der Waals surface area contributed by atoms with E-state index < -0.39 is 41.6 Å². The Kier molecular flexibility index (Phi) is 5.39. The predicted octanol–water partition coefficient (Wildman–Crippen LogP) is -0.725. The van der Waals surface area contributed by atoms with Crippen LogP contribution in [0.3, 0.4) is 0 Å². The largest absolute Gasteiger partial charge is 0.388 e. The molecule has 0 unspecified atom stereocenters. The van der Waals surface area contributed by atoms with E-state index in [1.807, 2.05) is 6.92 Å². The van der Waals surface area contributed by atoms with Gasteiger partial charge in [0, 0.05) is 31.5 Å². The highest BCUT2D eigenvalue weighted by atomic mass is 16.8. The molecule has 3 heterocycles. The second-order valence-corrected chi connectivity index (χ2v) is 8.59. The maximum Gasteiger partial charge on any atom is 0.289 e. The molecule has 3 rings (SSSR count). The summed E-state index contributed by atoms with van der Waals surface area (Å²) in [6.45, 7) is 6.05. The van der Waals surface area contributed by atoms with E-state index in [1.165, 1.54) is 4.90 Å². The molecule has 0 aromatic heterocycles. The minimum atomic E-state index is -1.37. The summed E-state index contributed by atoms with van der Waals surface area (Å²) in [6.07, 6.45) is -1.99. The summed E-state index contributed by atoms with van der Waals surface area (Å²) in [5, 5.41) is 20.1. The number of carbonyl (C=O) groups excluding carboxylic acids is 2. The number of aliphatic hydroxyl groups excluding tert-OH is 2. The average molecular weight is 386 g/mol. The van der Waals surface area contributed by atoms with Gasteiger partial charge in [0.05, 0.1) is 6.61 Å². The summed E-state index contributed by atoms with van der Waals surface area (Å²) < 4.78 is 17.2. The van der Waals surface area contributed by atoms with Crippen molar-refractivity contribution in [2.24, 2.45) is 5.73 Å². The van der Waals surface area contributed by atoms with Crippen LogP contribution >= 0.6 is 0 Å². The molecule has 0 bridgehead atoms. The number of fused-ring (bicyclic) bond motifs is 1. The zero-order valence-corrected chi connectivity index (χ0v) is 16.1. The van der Waals surface area contributed by atoms with Gasteiger partial charge in [-0.1, -0.05) is 0 Å². The van der Waals surface area contributed by atoms with Crippen LogP contribution in [0.1, 0.15) is 46.5 Å². The van der Waals surface area contributed by atoms with Gasteiger partial charge in [-0.05, 0) is 33.6 Å². The van der Waals surface area contributed by atoms with E-state index in [9.17, 15) is 19.8 Å². The molecule has 3 aliphatic rings. The van der Waals surface area contributed by atoms with Crippen molar-refractivity contribution < 1.29 is 34.0 Å². The molecular formula is C18H30N2O7. The number of likely N-dealkylation sites (tertiary alicyclic amines) is 1. The number of nitrogens with zero attached hydrogens (tertiary/aromatic N) is 1. The Labute approximate surface area is 158 Å². The van der Waals surface area contributed by atoms with Gasteiger partial charge < -0.3 is 35.1 Å². The first-order valence-corrected chi connectivity index (χ1v) is 9.44. The Bertz CT molecular complexity index is 599. The van der Waals surface area contributed by atoms with E-state index in [-0.39, 0.29) is 25.0 Å². The molecular weight excluding hydrogens is 356 g/mol. The quantitative estimate of drug-likeness (QED) is 0.539. The predicted molar refractivity (Wildman–Crippen MR) is 93.4 cm³/mol. The number of nitrogens with two attached hydrogens (primary N) is 1. The molecule has 27 heavy (non-hydrogen) atoms. The van der Waals surface area contributed by atoms with Crippen molar-refractivity contribution >= 4 is 11.7 Å². The minimum Gasteiger partial charge on any atom is -0.388 e. The summed E-state index contributed by atoms with van der Waals surface area (Å²) >= 11 is 0. The highest BCUT2D eigenvalue weighted by molar-refractivity contribution is 6.36. The summed E-state index contributed by atoms with van der Waals surface area (Å²) in [6, 6.07) is 0. The number of hydrogen-bond acceptors (Lipinski definition) is 8. The third kappa shape index (κ3) is 4.18. The van der Waals surface area contributed by atoms with Crippen LogP contribution in [0.2, 0.25) is 0 Å². The minimum absolute atomic E-state index is 0.0535. The van der Waals surface area contributed by atoms with Gasteiger partial charge in [0.15, 0.2) is 5.79 Å². The second-order valence-electron chi connectivity index (χ2n) is 8.59. The van der Waals surface area contributed by atoms with Crippen molar-refractivity contribution in [1.82, 2.24) is 4.90 Å². The van der Waals surface area contributed by atoms with Crippen molar-refractivity contribution in [3.8, 4) is 0 Å². The zero-order valence-electron chi connectivity index (χ0n) is 16.1. The van der Waals surface area contributed by atoms with E-state index in [1.54, 1.807) is 13.8 Å². The topological polar surface area (TPSA) is 132 Å². The maximum absolute atomic E-state index is 12.5. The van der Waals surface area contributed by atoms with Gasteiger partial charge in [-0.25, -0.2) is 0 Å². The Balaban J connectivity index is 1.62. The Hall–Kier alpha value is -1.10. The summed E-state index contributed by atoms with van der Waals surface area (Å²) in [4.78, 5) is 26.4. The molecule has 9 heteroatoms. The van der Waals surface area contributed by atoms with E-state index in [0.29, 0.717) is 25.9 Å². The monoisotopic (exact) mass is 386 g/mol. The van der Waals surface area contributed by atoms with Gasteiger partial charge in [0.25, 0.3) is 5.91 Å². The van der Waals surface area contributed by atoms with Gasteiger partial charge in [-0.3, -0.25) is 9.59 Å². The lowest BCUT2D eigenvalue weighted by Gasteiger charge is -2.41. The van der Waals surface area contributed by atoms with Crippen LogP contribution in [0.25, 0.3) is 0 Å². The van der Waals surface area contributed by atoms with Crippen LogP contribution in [-0.4, -0.2) is 81.9 Å². The first kappa shape index (κ1) is 20.6. The molecule has 0 radical (unpaired) electrons. The summed E-state index contributed by atoms with van der Waals surface area (Å²) in [7, 11) is 0. The fraction of sp³-hybridized carbons (Fsp3) is 0.889. The molecule has 0 spiro atoms. The number of ketones is 1. The van der Waals surface area contributed by atoms with Crippen LogP contribution in [0.4, 0.5) is 0 Å². The zero-order chi connectivity index (χ0) is 20.0. The highest BCUT2D eigenvalue weighted by Crippen LogP contribution is 2.44. The van der Waals surface area contributed by atoms with Crippen molar-refractivity contribution in [2.75, 3.05) is 19.7 Å². The summed E-state index contributed by atoms with van der Waals surface area (Å²) in [5.41, 5.74) is 5.76. The number of Topliss-reactive ketones (excluding diaryl/α,β-unsaturated/α-hetero) is 1. The first-order valence-electron chi connectivity index (χ1n) is 9.44. The third-order valence-corrected chi connectivity index (χ3v) is 5.60. The van der Waals surface area contributed by atoms with Crippen LogP contribution in [-0.2, 0) is 23.8 Å². The molecule has 9 nitrogen and oxygen atoms in total. The highest BCUT2D eigenvalue weighted by Gasteiger charge is 2.60. The molecule has 0 aromatic rings. The number of hydrogen-bond donors (Lipinski definition) is 3. The Morgan fingerprint density at radius 3 is 2.44 bits per heavy atom. The number of carbonyl (C=O) groups is 2. The molecule has 1 amide bonds. The molecule has 0 aliphatic carbocycles. The van der Waals surface area contributed by atoms with E-state index in [2.05, 4.69) is 0 Å². The lowest BCUT2D eigenvalue weighted by Crippen LogP contribution is -2.59. The van der Waals surface area contributed by atoms with Crippen LogP contribution in [0, 0.1) is 0 Å². The number of rotatable bonds is 4. The Morgan fingerprint density at radius 2 is 1.81 bits per heavy atom. The standard InChI is InChI=1S/C18H30N2O7/c1-16(2)26-14-13(23)12(22)10-25-18(14,27-16)5-4-11(21)15(24)20-8-6-17(3,19)7-9-20/h12-14,22-23H,4-10,19H2,1-3H3/t12-,13-,14+,18+/m1/s1. The number of ether oxygens (including phenoxy) is 3. The first-order chi connectivity index (χ1) is 12.4. The molecule has 0 saturated carbocycles. The second kappa shape index (κ2) is 7.06. The van der Waals surface area contributed by atoms with E-state index >= 15 is 0 Å². The van der Waals surface area contributed by atoms with Gasteiger partial charge in [-0.15, -0.1) is 0 Å². The molecule has 3 saturated heterocycles. The molecule has 3 fully saturated rings. The van der Waals surface area contributed by atoms with Crippen LogP contribution < -0.4 is 5.73 Å². The number of amides is 1. The van der Waals surface area contributed by atoms with Gasteiger partial charge in [0.2, 0.25) is 11.6 Å². The average Bonchev–Trinajstić information content (AvgIpc) is 2.87. The fourth-order valence-electron chi connectivity index (χ4n) is 3.92. The lowest BCUT2D eigenvalue weighted by atomic mass is 9.90. The van der Waals surface area contributed by atoms with Gasteiger partial charge in [0.1, 0.15) is 18.3 Å². The molecule has 4 N–H and O–H groups in total. The summed E-state index contributed by atoms with van der Waals surface area (Å²) in [5.74, 6) is -3.48. The molecule has 3 aliphatic heterocycles. The smallest absolute Gasteiger partial charge is 0.289 e. The van der Waals surface area contributed by atoms with Gasteiger partial charge >= 0.3 is 0 Å². The van der Waals surface area contributed by atoms with Crippen molar-refractivity contribution in [3.63, 3.8) is 0 Å². The Morgan fingerprint density at radius 1 is 1.19 bits per heavy atom. The number of piperidine rings is 1. The fourth-order valence-corrected chi connectivity index (χ4v) is 3.92.